The number of fused-ring (bicyclic) bond motifs is 1. The molecule has 0 aliphatic carbocycles. The highest BCUT2D eigenvalue weighted by Crippen LogP contribution is 2.21. The lowest BCUT2D eigenvalue weighted by Gasteiger charge is -2.07. The zero-order valence-electron chi connectivity index (χ0n) is 11.3. The van der Waals surface area contributed by atoms with Crippen LogP contribution in [-0.4, -0.2) is 31.8 Å². The van der Waals surface area contributed by atoms with Gasteiger partial charge in [-0.05, 0) is 19.1 Å². The molecule has 0 aliphatic heterocycles. The number of rotatable bonds is 4. The van der Waals surface area contributed by atoms with Crippen LogP contribution in [0.15, 0.2) is 41.7 Å². The van der Waals surface area contributed by atoms with Crippen LogP contribution in [0.3, 0.4) is 0 Å². The number of carbonyl (C=O) groups is 1. The van der Waals surface area contributed by atoms with Gasteiger partial charge >= 0.3 is 0 Å². The molecule has 6 nitrogen and oxygen atoms in total. The van der Waals surface area contributed by atoms with Crippen LogP contribution < -0.4 is 5.32 Å². The Labute approximate surface area is 125 Å². The summed E-state index contributed by atoms with van der Waals surface area (Å²) in [5, 5.41) is 11.1. The van der Waals surface area contributed by atoms with Gasteiger partial charge in [-0.3, -0.25) is 14.9 Å². The minimum Gasteiger partial charge on any atom is -0.325 e. The van der Waals surface area contributed by atoms with Gasteiger partial charge in [-0.15, -0.1) is 5.10 Å². The number of nitrogens with one attached hydrogen (secondary N) is 2. The van der Waals surface area contributed by atoms with Crippen molar-refractivity contribution in [2.24, 2.45) is 0 Å². The first-order valence-electron chi connectivity index (χ1n) is 6.38. The molecule has 0 aliphatic rings. The summed E-state index contributed by atoms with van der Waals surface area (Å²) >= 11 is 1.29. The topological polar surface area (TPSA) is 83.6 Å². The summed E-state index contributed by atoms with van der Waals surface area (Å²) in [6.45, 7) is 1.82. The number of pyridine rings is 1. The number of aryl methyl sites for hydroxylation is 1. The minimum absolute atomic E-state index is 0.0983. The number of thioether (sulfide) groups is 1. The highest BCUT2D eigenvalue weighted by Gasteiger charge is 2.08. The second kappa shape index (κ2) is 5.92. The highest BCUT2D eigenvalue weighted by molar-refractivity contribution is 7.99. The summed E-state index contributed by atoms with van der Waals surface area (Å²) in [6.07, 6.45) is 1.68. The van der Waals surface area contributed by atoms with E-state index in [9.17, 15) is 4.79 Å². The molecule has 21 heavy (non-hydrogen) atoms. The monoisotopic (exact) mass is 299 g/mol. The normalized spacial score (nSPS) is 10.7. The summed E-state index contributed by atoms with van der Waals surface area (Å²) in [6, 6.07) is 9.48. The van der Waals surface area contributed by atoms with E-state index in [4.69, 9.17) is 0 Å². The summed E-state index contributed by atoms with van der Waals surface area (Å²) in [5.74, 6) is 0.894. The van der Waals surface area contributed by atoms with E-state index in [1.807, 2.05) is 31.2 Å². The van der Waals surface area contributed by atoms with E-state index in [-0.39, 0.29) is 11.7 Å². The second-order valence-electron chi connectivity index (χ2n) is 4.42. The maximum absolute atomic E-state index is 12.0. The average molecular weight is 299 g/mol. The Morgan fingerprint density at radius 3 is 3.00 bits per heavy atom. The molecule has 1 aromatic carbocycles. The summed E-state index contributed by atoms with van der Waals surface area (Å²) in [7, 11) is 0. The number of nitrogens with zero attached hydrogens (tertiary/aromatic N) is 3. The number of anilines is 1. The average Bonchev–Trinajstić information content (AvgIpc) is 2.91. The first-order valence-corrected chi connectivity index (χ1v) is 7.36. The minimum atomic E-state index is -0.0983. The molecule has 0 saturated carbocycles. The van der Waals surface area contributed by atoms with Crippen molar-refractivity contribution in [2.45, 2.75) is 12.1 Å². The Balaban J connectivity index is 1.69. The van der Waals surface area contributed by atoms with E-state index >= 15 is 0 Å². The van der Waals surface area contributed by atoms with Gasteiger partial charge in [-0.25, -0.2) is 4.98 Å². The molecule has 0 bridgehead atoms. The van der Waals surface area contributed by atoms with Crippen LogP contribution in [0.25, 0.3) is 10.9 Å². The third-order valence-electron chi connectivity index (χ3n) is 2.83. The molecule has 2 heterocycles. The molecule has 0 fully saturated rings. The molecule has 2 N–H and O–H groups in total. The first-order chi connectivity index (χ1) is 10.2. The van der Waals surface area contributed by atoms with Gasteiger partial charge in [0.2, 0.25) is 11.1 Å². The Hall–Kier alpha value is -2.41. The molecule has 7 heteroatoms. The number of hydrogen-bond acceptors (Lipinski definition) is 5. The Morgan fingerprint density at radius 2 is 2.19 bits per heavy atom. The molecule has 1 amide bonds. The van der Waals surface area contributed by atoms with E-state index < -0.39 is 0 Å². The van der Waals surface area contributed by atoms with Gasteiger partial charge in [0.1, 0.15) is 5.82 Å². The molecular formula is C14H13N5OS. The molecule has 0 atom stereocenters. The van der Waals surface area contributed by atoms with E-state index in [0.717, 1.165) is 22.4 Å². The number of hydrogen-bond donors (Lipinski definition) is 2. The predicted octanol–water partition coefficient (Wildman–Crippen LogP) is 2.39. The van der Waals surface area contributed by atoms with Crippen molar-refractivity contribution in [3.63, 3.8) is 0 Å². The van der Waals surface area contributed by atoms with Crippen molar-refractivity contribution in [3.8, 4) is 0 Å². The zero-order chi connectivity index (χ0) is 14.7. The summed E-state index contributed by atoms with van der Waals surface area (Å²) in [5.41, 5.74) is 1.62. The highest BCUT2D eigenvalue weighted by atomic mass is 32.2. The van der Waals surface area contributed by atoms with Crippen molar-refractivity contribution in [2.75, 3.05) is 11.1 Å². The van der Waals surface area contributed by atoms with Crippen molar-refractivity contribution < 1.29 is 4.79 Å². The molecule has 0 spiro atoms. The fourth-order valence-corrected chi connectivity index (χ4v) is 2.55. The number of benzene rings is 1. The third-order valence-corrected chi connectivity index (χ3v) is 3.68. The lowest BCUT2D eigenvalue weighted by molar-refractivity contribution is -0.113. The Morgan fingerprint density at radius 1 is 1.33 bits per heavy atom. The maximum atomic E-state index is 12.0. The number of aromatic amines is 1. The molecule has 106 valence electrons. The first kappa shape index (κ1) is 13.6. The zero-order valence-corrected chi connectivity index (χ0v) is 12.1. The van der Waals surface area contributed by atoms with Crippen molar-refractivity contribution in [1.82, 2.24) is 20.2 Å². The van der Waals surface area contributed by atoms with Gasteiger partial charge in [0.05, 0.1) is 17.0 Å². The Kier molecular flexibility index (Phi) is 3.83. The smallest absolute Gasteiger partial charge is 0.234 e. The summed E-state index contributed by atoms with van der Waals surface area (Å²) in [4.78, 5) is 20.4. The van der Waals surface area contributed by atoms with Crippen LogP contribution in [0, 0.1) is 6.92 Å². The lowest BCUT2D eigenvalue weighted by atomic mass is 10.2. The Bertz CT molecular complexity index is 780. The third kappa shape index (κ3) is 3.19. The molecule has 3 aromatic rings. The number of amides is 1. The van der Waals surface area contributed by atoms with Gasteiger partial charge < -0.3 is 5.32 Å². The van der Waals surface area contributed by atoms with Gasteiger partial charge in [0, 0.05) is 11.6 Å². The fourth-order valence-electron chi connectivity index (χ4n) is 1.91. The van der Waals surface area contributed by atoms with Gasteiger partial charge in [0.15, 0.2) is 0 Å². The van der Waals surface area contributed by atoms with E-state index in [1.165, 1.54) is 11.8 Å². The van der Waals surface area contributed by atoms with Gasteiger partial charge in [0.25, 0.3) is 0 Å². The number of H-pyrrole nitrogens is 1. The molecule has 3 rings (SSSR count). The second-order valence-corrected chi connectivity index (χ2v) is 5.36. The lowest BCUT2D eigenvalue weighted by Crippen LogP contribution is -2.14. The van der Waals surface area contributed by atoms with Gasteiger partial charge in [-0.2, -0.15) is 0 Å². The number of para-hydroxylation sites is 1. The summed E-state index contributed by atoms with van der Waals surface area (Å²) < 4.78 is 0. The van der Waals surface area contributed by atoms with Crippen molar-refractivity contribution >= 4 is 34.3 Å². The van der Waals surface area contributed by atoms with E-state index in [1.54, 1.807) is 12.3 Å². The number of aromatic nitrogens is 4. The van der Waals surface area contributed by atoms with Crippen LogP contribution in [0.2, 0.25) is 0 Å². The van der Waals surface area contributed by atoms with Crippen molar-refractivity contribution in [3.05, 3.63) is 42.4 Å². The molecule has 0 unspecified atom stereocenters. The SMILES string of the molecule is Cc1nc(SCC(=O)Nc2ccnc3ccccc23)n[nH]1. The molecule has 0 radical (unpaired) electrons. The molecule has 2 aromatic heterocycles. The molecule has 0 saturated heterocycles. The molecular weight excluding hydrogens is 286 g/mol. The fraction of sp³-hybridized carbons (Fsp3) is 0.143. The van der Waals surface area contributed by atoms with Crippen LogP contribution in [-0.2, 0) is 4.79 Å². The van der Waals surface area contributed by atoms with Crippen LogP contribution >= 0.6 is 11.8 Å². The van der Waals surface area contributed by atoms with Crippen LogP contribution in [0.5, 0.6) is 0 Å². The quantitative estimate of drug-likeness (QED) is 0.723. The van der Waals surface area contributed by atoms with Crippen molar-refractivity contribution in [1.29, 1.82) is 0 Å². The largest absolute Gasteiger partial charge is 0.325 e. The maximum Gasteiger partial charge on any atom is 0.234 e. The van der Waals surface area contributed by atoms with Crippen LogP contribution in [0.1, 0.15) is 5.82 Å². The van der Waals surface area contributed by atoms with Gasteiger partial charge in [-0.1, -0.05) is 30.0 Å². The van der Waals surface area contributed by atoms with E-state index in [2.05, 4.69) is 25.5 Å². The van der Waals surface area contributed by atoms with E-state index in [0.29, 0.717) is 5.16 Å². The standard InChI is InChI=1S/C14H13N5OS/c1-9-16-14(19-18-9)21-8-13(20)17-12-6-7-15-11-5-3-2-4-10(11)12/h2-7H,8H2,1H3,(H,15,17,20)(H,16,18,19). The number of carbonyl (C=O) groups excluding carboxylic acids is 1. The predicted molar refractivity (Wildman–Crippen MR) is 82.2 cm³/mol. The van der Waals surface area contributed by atoms with Crippen LogP contribution in [0.4, 0.5) is 5.69 Å².